The Morgan fingerprint density at radius 2 is 2.20 bits per heavy atom. The van der Waals surface area contributed by atoms with E-state index in [-0.39, 0.29) is 24.2 Å². The van der Waals surface area contributed by atoms with Gasteiger partial charge in [-0.2, -0.15) is 5.26 Å². The van der Waals surface area contributed by atoms with Crippen molar-refractivity contribution < 1.29 is 9.59 Å². The molecule has 1 aliphatic carbocycles. The van der Waals surface area contributed by atoms with Crippen molar-refractivity contribution in [1.29, 1.82) is 5.26 Å². The van der Waals surface area contributed by atoms with Crippen molar-refractivity contribution in [1.82, 2.24) is 5.32 Å². The van der Waals surface area contributed by atoms with E-state index in [4.69, 9.17) is 5.26 Å². The maximum Gasteiger partial charge on any atom is 0.226 e. The lowest BCUT2D eigenvalue weighted by molar-refractivity contribution is -0.122. The number of carbonyl (C=O) groups excluding carboxylic acids is 2. The molecule has 5 nitrogen and oxygen atoms in total. The number of hydrogen-bond donors (Lipinski definition) is 2. The van der Waals surface area contributed by atoms with Crippen molar-refractivity contribution in [3.05, 3.63) is 29.8 Å². The molecular formula is C15H17N3O2. The average Bonchev–Trinajstić information content (AvgIpc) is 3.16. The van der Waals surface area contributed by atoms with Crippen LogP contribution in [0.1, 0.15) is 25.3 Å². The van der Waals surface area contributed by atoms with E-state index in [9.17, 15) is 9.59 Å². The fraction of sp³-hybridized carbons (Fsp3) is 0.400. The summed E-state index contributed by atoms with van der Waals surface area (Å²) in [6.07, 6.45) is 1.17. The lowest BCUT2D eigenvalue weighted by Gasteiger charge is -2.06. The van der Waals surface area contributed by atoms with Gasteiger partial charge in [0.25, 0.3) is 0 Å². The third-order valence-electron chi connectivity index (χ3n) is 3.37. The zero-order chi connectivity index (χ0) is 14.5. The van der Waals surface area contributed by atoms with Gasteiger partial charge in [0, 0.05) is 24.6 Å². The second-order valence-corrected chi connectivity index (χ2v) is 5.10. The van der Waals surface area contributed by atoms with Crippen molar-refractivity contribution in [2.45, 2.75) is 19.8 Å². The second-order valence-electron chi connectivity index (χ2n) is 5.10. The van der Waals surface area contributed by atoms with Gasteiger partial charge in [0.2, 0.25) is 11.8 Å². The summed E-state index contributed by atoms with van der Waals surface area (Å²) in [6, 6.07) is 8.74. The van der Waals surface area contributed by atoms with Crippen LogP contribution in [0.15, 0.2) is 24.3 Å². The Bertz CT molecular complexity index is 562. The average molecular weight is 271 g/mol. The van der Waals surface area contributed by atoms with E-state index in [0.717, 1.165) is 6.42 Å². The minimum Gasteiger partial charge on any atom is -0.355 e. The summed E-state index contributed by atoms with van der Waals surface area (Å²) in [7, 11) is 0. The summed E-state index contributed by atoms with van der Waals surface area (Å²) in [6.45, 7) is 2.38. The molecule has 5 heteroatoms. The van der Waals surface area contributed by atoms with Crippen LogP contribution in [0.3, 0.4) is 0 Å². The first-order chi connectivity index (χ1) is 9.60. The van der Waals surface area contributed by atoms with Crippen LogP contribution in [0.25, 0.3) is 0 Å². The van der Waals surface area contributed by atoms with E-state index >= 15 is 0 Å². The minimum absolute atomic E-state index is 0.0387. The summed E-state index contributed by atoms with van der Waals surface area (Å²) in [5, 5.41) is 14.2. The highest BCUT2D eigenvalue weighted by molar-refractivity contribution is 5.91. The van der Waals surface area contributed by atoms with Crippen LogP contribution in [0.4, 0.5) is 5.69 Å². The zero-order valence-electron chi connectivity index (χ0n) is 11.3. The molecule has 0 saturated heterocycles. The van der Waals surface area contributed by atoms with Gasteiger partial charge in [-0.3, -0.25) is 9.59 Å². The Morgan fingerprint density at radius 3 is 2.85 bits per heavy atom. The Morgan fingerprint density at radius 1 is 1.45 bits per heavy atom. The van der Waals surface area contributed by atoms with Crippen molar-refractivity contribution in [3.8, 4) is 6.07 Å². The highest BCUT2D eigenvalue weighted by Gasteiger charge is 2.38. The van der Waals surface area contributed by atoms with Crippen molar-refractivity contribution in [2.24, 2.45) is 11.8 Å². The standard InChI is InChI=1S/C15H17N3O2/c1-10-7-13(10)15(20)17-6-5-14(19)18-12-4-2-3-11(8-12)9-16/h2-4,8,10,13H,5-7H2,1H3,(H,17,20)(H,18,19). The largest absolute Gasteiger partial charge is 0.355 e. The third kappa shape index (κ3) is 3.82. The van der Waals surface area contributed by atoms with Gasteiger partial charge in [-0.1, -0.05) is 13.0 Å². The molecule has 0 radical (unpaired) electrons. The number of hydrogen-bond acceptors (Lipinski definition) is 3. The van der Waals surface area contributed by atoms with Gasteiger partial charge in [0.05, 0.1) is 11.6 Å². The lowest BCUT2D eigenvalue weighted by atomic mass is 10.2. The fourth-order valence-corrected chi connectivity index (χ4v) is 2.01. The van der Waals surface area contributed by atoms with Crippen LogP contribution in [-0.2, 0) is 9.59 Å². The maximum atomic E-state index is 11.7. The van der Waals surface area contributed by atoms with Crippen molar-refractivity contribution in [2.75, 3.05) is 11.9 Å². The number of benzene rings is 1. The molecular weight excluding hydrogens is 254 g/mol. The molecule has 2 atom stereocenters. The Labute approximate surface area is 118 Å². The van der Waals surface area contributed by atoms with Gasteiger partial charge in [-0.25, -0.2) is 0 Å². The van der Waals surface area contributed by atoms with E-state index in [1.165, 1.54) is 0 Å². The third-order valence-corrected chi connectivity index (χ3v) is 3.37. The highest BCUT2D eigenvalue weighted by atomic mass is 16.2. The summed E-state index contributed by atoms with van der Waals surface area (Å²) < 4.78 is 0. The van der Waals surface area contributed by atoms with Crippen LogP contribution in [-0.4, -0.2) is 18.4 Å². The van der Waals surface area contributed by atoms with Gasteiger partial charge in [0.15, 0.2) is 0 Å². The number of anilines is 1. The minimum atomic E-state index is -0.177. The van der Waals surface area contributed by atoms with Gasteiger partial charge in [-0.15, -0.1) is 0 Å². The molecule has 1 saturated carbocycles. The van der Waals surface area contributed by atoms with E-state index in [1.807, 2.05) is 13.0 Å². The zero-order valence-corrected chi connectivity index (χ0v) is 11.3. The molecule has 1 aromatic rings. The van der Waals surface area contributed by atoms with Crippen LogP contribution >= 0.6 is 0 Å². The molecule has 0 heterocycles. The van der Waals surface area contributed by atoms with E-state index in [1.54, 1.807) is 24.3 Å². The van der Waals surface area contributed by atoms with Gasteiger partial charge in [0.1, 0.15) is 0 Å². The molecule has 1 fully saturated rings. The first-order valence-corrected chi connectivity index (χ1v) is 6.68. The number of nitrogens with one attached hydrogen (secondary N) is 2. The molecule has 20 heavy (non-hydrogen) atoms. The summed E-state index contributed by atoms with van der Waals surface area (Å²) in [5.41, 5.74) is 1.09. The van der Waals surface area contributed by atoms with Crippen LogP contribution in [0.2, 0.25) is 0 Å². The molecule has 0 aromatic heterocycles. The Hall–Kier alpha value is -2.35. The highest BCUT2D eigenvalue weighted by Crippen LogP contribution is 2.37. The van der Waals surface area contributed by atoms with E-state index in [2.05, 4.69) is 10.6 Å². The smallest absolute Gasteiger partial charge is 0.226 e. The van der Waals surface area contributed by atoms with E-state index < -0.39 is 0 Å². The summed E-state index contributed by atoms with van der Waals surface area (Å²) in [5.74, 6) is 0.462. The predicted octanol–water partition coefficient (Wildman–Crippen LogP) is 1.66. The molecule has 1 aromatic carbocycles. The predicted molar refractivity (Wildman–Crippen MR) is 74.7 cm³/mol. The number of carbonyl (C=O) groups is 2. The maximum absolute atomic E-state index is 11.7. The molecule has 0 spiro atoms. The molecule has 2 rings (SSSR count). The number of amides is 2. The van der Waals surface area contributed by atoms with Crippen molar-refractivity contribution >= 4 is 17.5 Å². The van der Waals surface area contributed by atoms with Crippen LogP contribution < -0.4 is 10.6 Å². The SMILES string of the molecule is CC1CC1C(=O)NCCC(=O)Nc1cccc(C#N)c1. The molecule has 2 unspecified atom stereocenters. The molecule has 1 aliphatic rings. The number of rotatable bonds is 5. The number of nitriles is 1. The van der Waals surface area contributed by atoms with Crippen LogP contribution in [0.5, 0.6) is 0 Å². The lowest BCUT2D eigenvalue weighted by Crippen LogP contribution is -2.29. The van der Waals surface area contributed by atoms with E-state index in [0.29, 0.717) is 23.7 Å². The molecule has 104 valence electrons. The normalized spacial score (nSPS) is 19.8. The first-order valence-electron chi connectivity index (χ1n) is 6.68. The first kappa shape index (κ1) is 14.1. The topological polar surface area (TPSA) is 82.0 Å². The molecule has 0 aliphatic heterocycles. The molecule has 2 amide bonds. The Kier molecular flexibility index (Phi) is 4.36. The second kappa shape index (κ2) is 6.20. The Balaban J connectivity index is 1.72. The van der Waals surface area contributed by atoms with Gasteiger partial charge < -0.3 is 10.6 Å². The molecule has 2 N–H and O–H groups in total. The molecule has 0 bridgehead atoms. The van der Waals surface area contributed by atoms with Crippen molar-refractivity contribution in [3.63, 3.8) is 0 Å². The van der Waals surface area contributed by atoms with Gasteiger partial charge in [-0.05, 0) is 30.5 Å². The van der Waals surface area contributed by atoms with Gasteiger partial charge >= 0.3 is 0 Å². The summed E-state index contributed by atoms with van der Waals surface area (Å²) >= 11 is 0. The monoisotopic (exact) mass is 271 g/mol. The summed E-state index contributed by atoms with van der Waals surface area (Å²) in [4.78, 5) is 23.3. The van der Waals surface area contributed by atoms with Crippen LogP contribution in [0, 0.1) is 23.2 Å². The number of nitrogens with zero attached hydrogens (tertiary/aromatic N) is 1. The quantitative estimate of drug-likeness (QED) is 0.854. The fourth-order valence-electron chi connectivity index (χ4n) is 2.01.